The van der Waals surface area contributed by atoms with Gasteiger partial charge < -0.3 is 12.4 Å². The minimum absolute atomic E-state index is 0. The molecule has 0 saturated heterocycles. The molecule has 0 spiro atoms. The molecule has 0 aliphatic carbocycles. The highest BCUT2D eigenvalue weighted by Crippen LogP contribution is 1.82. The van der Waals surface area contributed by atoms with Gasteiger partial charge in [-0.2, -0.15) is 0 Å². The Morgan fingerprint density at radius 3 is 1.80 bits per heavy atom. The van der Waals surface area contributed by atoms with Gasteiger partial charge in [0.15, 0.2) is 4.71 Å². The van der Waals surface area contributed by atoms with Gasteiger partial charge in [-0.1, -0.05) is 11.6 Å². The third-order valence-electron chi connectivity index (χ3n) is 0. The van der Waals surface area contributed by atoms with Crippen LogP contribution in [-0.2, 0) is 12.6 Å². The predicted molar refractivity (Wildman–Crippen MR) is 25.5 cm³/mol. The molecule has 0 amide bonds. The van der Waals surface area contributed by atoms with Gasteiger partial charge in [0.1, 0.15) is 0 Å². The minimum Gasteiger partial charge on any atom is -1.00 e. The summed E-state index contributed by atoms with van der Waals surface area (Å²) in [5.41, 5.74) is 0. The van der Waals surface area contributed by atoms with Gasteiger partial charge in [0, 0.05) is 0 Å². The zero-order chi connectivity index (χ0) is 3.58. The standard InChI is InChI=1S/C2H5ClS.ClH/c1-2(3)4;/h2,4H,1H3;1H. The van der Waals surface area contributed by atoms with Gasteiger partial charge in [-0.3, -0.25) is 0 Å². The lowest BCUT2D eigenvalue weighted by atomic mass is 11.0. The van der Waals surface area contributed by atoms with Gasteiger partial charge in [0.05, 0.1) is 0 Å². The van der Waals surface area contributed by atoms with Crippen molar-refractivity contribution in [1.29, 1.82) is 0 Å². The minimum atomic E-state index is 0. The highest BCUT2D eigenvalue weighted by molar-refractivity contribution is 7.61. The first kappa shape index (κ1) is 9.33. The molecule has 0 heterocycles. The van der Waals surface area contributed by atoms with Crippen LogP contribution < -0.4 is 12.4 Å². The molecule has 34 valence electrons. The van der Waals surface area contributed by atoms with E-state index in [0.717, 1.165) is 0 Å². The average molecular weight is 133 g/mol. The molecule has 1 unspecified atom stereocenters. The Hall–Kier alpha value is 0.930. The number of halogens is 2. The van der Waals surface area contributed by atoms with Crippen LogP contribution in [0.5, 0.6) is 0 Å². The summed E-state index contributed by atoms with van der Waals surface area (Å²) in [6.07, 6.45) is 0. The van der Waals surface area contributed by atoms with Crippen LogP contribution in [-0.4, -0.2) is 4.71 Å². The second-order valence-corrected chi connectivity index (χ2v) is 2.50. The van der Waals surface area contributed by atoms with E-state index in [4.69, 9.17) is 11.6 Å². The lowest BCUT2D eigenvalue weighted by Crippen LogP contribution is -3.00. The lowest BCUT2D eigenvalue weighted by Gasteiger charge is -1.66. The average Bonchev–Trinajstić information content (AvgIpc) is 0.811. The fourth-order valence-electron chi connectivity index (χ4n) is 0. The summed E-state index contributed by atoms with van der Waals surface area (Å²) in [6.45, 7) is 1.85. The summed E-state index contributed by atoms with van der Waals surface area (Å²) in [5, 5.41) is 0. The molecule has 0 aliphatic rings. The van der Waals surface area contributed by atoms with Gasteiger partial charge >= 0.3 is 0 Å². The van der Waals surface area contributed by atoms with E-state index >= 15 is 0 Å². The summed E-state index contributed by atoms with van der Waals surface area (Å²) in [5.74, 6) is 0. The van der Waals surface area contributed by atoms with E-state index in [0.29, 0.717) is 0 Å². The zero-order valence-corrected chi connectivity index (χ0v) is 5.35. The third-order valence-corrected chi connectivity index (χ3v) is 0. The Balaban J connectivity index is 0. The van der Waals surface area contributed by atoms with Crippen LogP contribution in [0.2, 0.25) is 0 Å². The number of rotatable bonds is 0. The summed E-state index contributed by atoms with van der Waals surface area (Å²) in [4.78, 5) is 0. The summed E-state index contributed by atoms with van der Waals surface area (Å²) in [7, 11) is 0. The quantitative estimate of drug-likeness (QED) is 0.255. The van der Waals surface area contributed by atoms with Gasteiger partial charge in [0.2, 0.25) is 0 Å². The first-order valence-corrected chi connectivity index (χ1v) is 2.10. The fourth-order valence-corrected chi connectivity index (χ4v) is 0. The monoisotopic (exact) mass is 132 g/mol. The molecule has 0 bridgehead atoms. The van der Waals surface area contributed by atoms with E-state index in [1.165, 1.54) is 0 Å². The van der Waals surface area contributed by atoms with Gasteiger partial charge in [-0.25, -0.2) is 0 Å². The van der Waals surface area contributed by atoms with Crippen LogP contribution in [0.25, 0.3) is 0 Å². The Bertz CT molecular complexity index is 12.4. The Labute approximate surface area is 48.7 Å². The molecule has 0 aromatic rings. The predicted octanol–water partition coefficient (Wildman–Crippen LogP) is -2.41. The molecule has 0 rings (SSSR count). The van der Waals surface area contributed by atoms with Crippen molar-refractivity contribution >= 4 is 24.2 Å². The maximum absolute atomic E-state index is 5.19. The van der Waals surface area contributed by atoms with Gasteiger partial charge in [-0.05, 0) is 19.6 Å². The molecule has 0 nitrogen and oxygen atoms in total. The summed E-state index contributed by atoms with van der Waals surface area (Å²) >= 11 is 8.27. The molecule has 0 aromatic carbocycles. The second-order valence-electron chi connectivity index (χ2n) is 0.616. The van der Waals surface area contributed by atoms with Crippen LogP contribution >= 0.6 is 11.6 Å². The van der Waals surface area contributed by atoms with Crippen LogP contribution in [0.15, 0.2) is 0 Å². The van der Waals surface area contributed by atoms with Crippen molar-refractivity contribution < 1.29 is 12.4 Å². The maximum Gasteiger partial charge on any atom is 0.183 e. The lowest BCUT2D eigenvalue weighted by molar-refractivity contribution is -0.000000749. The highest BCUT2D eigenvalue weighted by Gasteiger charge is 1.81. The first-order chi connectivity index (χ1) is 1.73. The van der Waals surface area contributed by atoms with Gasteiger partial charge in [-0.15, -0.1) is 0 Å². The third kappa shape index (κ3) is 48.9. The Kier molecular flexibility index (Phi) is 9.20. The summed E-state index contributed by atoms with van der Waals surface area (Å²) in [6, 6.07) is 0. The van der Waals surface area contributed by atoms with Crippen molar-refractivity contribution in [2.45, 2.75) is 11.6 Å². The fraction of sp³-hybridized carbons (Fsp3) is 1.00. The van der Waals surface area contributed by atoms with Crippen molar-refractivity contribution in [1.82, 2.24) is 0 Å². The topological polar surface area (TPSA) is 0 Å². The van der Waals surface area contributed by atoms with Crippen LogP contribution in [0.1, 0.15) is 6.92 Å². The Morgan fingerprint density at radius 1 is 1.80 bits per heavy atom. The maximum atomic E-state index is 5.19. The number of alkyl halides is 1. The van der Waals surface area contributed by atoms with E-state index in [9.17, 15) is 0 Å². The van der Waals surface area contributed by atoms with E-state index in [2.05, 4.69) is 12.6 Å². The zero-order valence-electron chi connectivity index (χ0n) is 2.83. The van der Waals surface area contributed by atoms with Crippen molar-refractivity contribution in [2.75, 3.05) is 0 Å². The molecular formula is C2H6Cl2S. The molecule has 0 aromatic heterocycles. The van der Waals surface area contributed by atoms with E-state index < -0.39 is 0 Å². The molecule has 0 aliphatic heterocycles. The van der Waals surface area contributed by atoms with Crippen LogP contribution in [0.3, 0.4) is 0 Å². The molecule has 1 atom stereocenters. The van der Waals surface area contributed by atoms with E-state index in [1.54, 1.807) is 0 Å². The summed E-state index contributed by atoms with van der Waals surface area (Å²) < 4.78 is 0.111. The van der Waals surface area contributed by atoms with E-state index in [1.807, 2.05) is 6.92 Å². The molecule has 0 fully saturated rings. The van der Waals surface area contributed by atoms with Gasteiger partial charge in [0.25, 0.3) is 0 Å². The SMILES string of the molecule is CC([SH2+])Cl.[Cl-]. The Morgan fingerprint density at radius 2 is 1.80 bits per heavy atom. The normalized spacial score (nSPS) is 12.6. The van der Waals surface area contributed by atoms with Crippen LogP contribution in [0.4, 0.5) is 0 Å². The molecule has 5 heavy (non-hydrogen) atoms. The second kappa shape index (κ2) is 4.93. The largest absolute Gasteiger partial charge is 1.00 e. The van der Waals surface area contributed by atoms with Crippen LogP contribution in [0, 0.1) is 0 Å². The van der Waals surface area contributed by atoms with Crippen molar-refractivity contribution in [3.8, 4) is 0 Å². The molecule has 0 saturated carbocycles. The van der Waals surface area contributed by atoms with E-state index in [-0.39, 0.29) is 17.1 Å². The molecule has 3 heteroatoms. The number of hydrogen-bond donors (Lipinski definition) is 0. The highest BCUT2D eigenvalue weighted by atomic mass is 35.5. The molecular weight excluding hydrogens is 127 g/mol. The smallest absolute Gasteiger partial charge is 0.183 e. The van der Waals surface area contributed by atoms with Crippen molar-refractivity contribution in [3.63, 3.8) is 0 Å². The molecule has 0 radical (unpaired) electrons. The van der Waals surface area contributed by atoms with Crippen molar-refractivity contribution in [3.05, 3.63) is 0 Å². The molecule has 0 N–H and O–H groups in total. The first-order valence-electron chi connectivity index (χ1n) is 1.08. The number of hydrogen-bond acceptors (Lipinski definition) is 0. The van der Waals surface area contributed by atoms with Crippen molar-refractivity contribution in [2.24, 2.45) is 0 Å².